The predicted molar refractivity (Wildman–Crippen MR) is 75.9 cm³/mol. The van der Waals surface area contributed by atoms with E-state index in [1.807, 2.05) is 38.1 Å². The highest BCUT2D eigenvalue weighted by atomic mass is 15.0. The first kappa shape index (κ1) is 12.8. The van der Waals surface area contributed by atoms with E-state index in [2.05, 4.69) is 15.3 Å². The van der Waals surface area contributed by atoms with Crippen molar-refractivity contribution in [2.45, 2.75) is 13.8 Å². The molecule has 1 aromatic heterocycles. The van der Waals surface area contributed by atoms with E-state index in [1.54, 1.807) is 12.3 Å². The number of nitrogens with zero attached hydrogens (tertiary/aromatic N) is 3. The fraction of sp³-hybridized carbons (Fsp3) is 0.133. The number of benzene rings is 1. The van der Waals surface area contributed by atoms with Crippen molar-refractivity contribution in [2.24, 2.45) is 0 Å². The van der Waals surface area contributed by atoms with Crippen LogP contribution in [0.3, 0.4) is 0 Å². The van der Waals surface area contributed by atoms with Crippen LogP contribution in [0.1, 0.15) is 16.7 Å². The van der Waals surface area contributed by atoms with Gasteiger partial charge in [0.2, 0.25) is 0 Å². The van der Waals surface area contributed by atoms with E-state index in [-0.39, 0.29) is 0 Å². The number of nitrogens with one attached hydrogen (secondary N) is 1. The number of anilines is 2. The van der Waals surface area contributed by atoms with Gasteiger partial charge in [0.1, 0.15) is 12.1 Å². The molecule has 0 fully saturated rings. The molecule has 0 aliphatic heterocycles. The van der Waals surface area contributed by atoms with Crippen molar-refractivity contribution in [1.29, 1.82) is 5.26 Å². The third-order valence-electron chi connectivity index (χ3n) is 2.74. The Labute approximate surface area is 112 Å². The van der Waals surface area contributed by atoms with Crippen molar-refractivity contribution in [3.05, 3.63) is 53.5 Å². The minimum atomic E-state index is 0.765. The van der Waals surface area contributed by atoms with E-state index in [1.165, 1.54) is 12.4 Å². The minimum Gasteiger partial charge on any atom is -0.340 e. The van der Waals surface area contributed by atoms with Gasteiger partial charge in [0.15, 0.2) is 0 Å². The van der Waals surface area contributed by atoms with Crippen LogP contribution in [0, 0.1) is 25.2 Å². The number of aromatic nitrogens is 2. The van der Waals surface area contributed by atoms with Crippen LogP contribution < -0.4 is 5.32 Å². The molecule has 19 heavy (non-hydrogen) atoms. The molecule has 0 spiro atoms. The van der Waals surface area contributed by atoms with E-state index in [0.717, 1.165) is 28.2 Å². The molecule has 0 unspecified atom stereocenters. The number of hydrogen-bond acceptors (Lipinski definition) is 4. The number of aryl methyl sites for hydroxylation is 2. The first-order chi connectivity index (χ1) is 9.20. The Balaban J connectivity index is 2.32. The van der Waals surface area contributed by atoms with Gasteiger partial charge in [0, 0.05) is 18.0 Å². The summed E-state index contributed by atoms with van der Waals surface area (Å²) in [7, 11) is 0. The van der Waals surface area contributed by atoms with Gasteiger partial charge in [0.25, 0.3) is 0 Å². The maximum atomic E-state index is 8.55. The molecule has 0 atom stereocenters. The number of nitriles is 1. The fourth-order valence-corrected chi connectivity index (χ4v) is 1.92. The third kappa shape index (κ3) is 3.17. The molecular weight excluding hydrogens is 236 g/mol. The van der Waals surface area contributed by atoms with E-state index in [9.17, 15) is 0 Å². The summed E-state index contributed by atoms with van der Waals surface area (Å²) in [5, 5.41) is 11.8. The molecule has 4 heteroatoms. The second-order valence-corrected chi connectivity index (χ2v) is 4.21. The van der Waals surface area contributed by atoms with Gasteiger partial charge in [-0.25, -0.2) is 9.97 Å². The zero-order chi connectivity index (χ0) is 13.7. The van der Waals surface area contributed by atoms with Crippen molar-refractivity contribution < 1.29 is 0 Å². The standard InChI is InChI=1S/C15H14N4/c1-11-8-13(4-3-6-16)9-12(2)15(11)19-14-5-7-17-10-18-14/h3-5,7-10H,1-2H3,(H,17,18,19)/b4-3+. The Morgan fingerprint density at radius 2 is 2.00 bits per heavy atom. The predicted octanol–water partition coefficient (Wildman–Crippen LogP) is 3.37. The average molecular weight is 250 g/mol. The summed E-state index contributed by atoms with van der Waals surface area (Å²) in [5.41, 5.74) is 4.27. The van der Waals surface area contributed by atoms with E-state index >= 15 is 0 Å². The van der Waals surface area contributed by atoms with Crippen LogP contribution >= 0.6 is 0 Å². The SMILES string of the molecule is Cc1cc(/C=C/C#N)cc(C)c1Nc1ccncn1. The Hall–Kier alpha value is -2.67. The van der Waals surface area contributed by atoms with Crippen molar-refractivity contribution in [3.8, 4) is 6.07 Å². The van der Waals surface area contributed by atoms with Crippen molar-refractivity contribution >= 4 is 17.6 Å². The van der Waals surface area contributed by atoms with Crippen molar-refractivity contribution in [2.75, 3.05) is 5.32 Å². The second kappa shape index (κ2) is 5.78. The van der Waals surface area contributed by atoms with Crippen LogP contribution in [0.15, 0.2) is 36.8 Å². The van der Waals surface area contributed by atoms with Gasteiger partial charge in [0.05, 0.1) is 6.07 Å². The molecule has 0 bridgehead atoms. The fourth-order valence-electron chi connectivity index (χ4n) is 1.92. The largest absolute Gasteiger partial charge is 0.340 e. The third-order valence-corrected chi connectivity index (χ3v) is 2.74. The Morgan fingerprint density at radius 3 is 2.58 bits per heavy atom. The molecule has 0 saturated heterocycles. The summed E-state index contributed by atoms with van der Waals surface area (Å²) in [6, 6.07) is 7.88. The smallest absolute Gasteiger partial charge is 0.133 e. The van der Waals surface area contributed by atoms with Crippen molar-refractivity contribution in [3.63, 3.8) is 0 Å². The first-order valence-electron chi connectivity index (χ1n) is 5.91. The lowest BCUT2D eigenvalue weighted by molar-refractivity contribution is 1.16. The molecule has 0 amide bonds. The molecule has 1 N–H and O–H groups in total. The number of hydrogen-bond donors (Lipinski definition) is 1. The Morgan fingerprint density at radius 1 is 1.26 bits per heavy atom. The molecule has 0 aliphatic carbocycles. The molecule has 0 saturated carbocycles. The van der Waals surface area contributed by atoms with E-state index in [0.29, 0.717) is 0 Å². The molecule has 2 aromatic rings. The maximum Gasteiger partial charge on any atom is 0.133 e. The zero-order valence-electron chi connectivity index (χ0n) is 10.9. The lowest BCUT2D eigenvalue weighted by atomic mass is 10.0. The number of allylic oxidation sites excluding steroid dienone is 1. The highest BCUT2D eigenvalue weighted by Crippen LogP contribution is 2.25. The first-order valence-corrected chi connectivity index (χ1v) is 5.91. The van der Waals surface area contributed by atoms with Crippen molar-refractivity contribution in [1.82, 2.24) is 9.97 Å². The monoisotopic (exact) mass is 250 g/mol. The van der Waals surface area contributed by atoms with Gasteiger partial charge in [-0.1, -0.05) is 0 Å². The van der Waals surface area contributed by atoms with E-state index in [4.69, 9.17) is 5.26 Å². The molecule has 1 aromatic carbocycles. The summed E-state index contributed by atoms with van der Waals surface area (Å²) in [6.07, 6.45) is 6.49. The van der Waals surface area contributed by atoms with Crippen LogP contribution in [-0.4, -0.2) is 9.97 Å². The van der Waals surface area contributed by atoms with Gasteiger partial charge in [-0.2, -0.15) is 5.26 Å². The summed E-state index contributed by atoms with van der Waals surface area (Å²) in [6.45, 7) is 4.06. The van der Waals surface area contributed by atoms with Crippen LogP contribution in [0.2, 0.25) is 0 Å². The average Bonchev–Trinajstić information content (AvgIpc) is 2.42. The molecule has 4 nitrogen and oxygen atoms in total. The summed E-state index contributed by atoms with van der Waals surface area (Å²) >= 11 is 0. The summed E-state index contributed by atoms with van der Waals surface area (Å²) in [4.78, 5) is 8.04. The van der Waals surface area contributed by atoms with E-state index < -0.39 is 0 Å². The highest BCUT2D eigenvalue weighted by Gasteiger charge is 2.05. The molecule has 0 radical (unpaired) electrons. The molecular formula is C15H14N4. The van der Waals surface area contributed by atoms with Crippen LogP contribution in [0.4, 0.5) is 11.5 Å². The quantitative estimate of drug-likeness (QED) is 0.848. The van der Waals surface area contributed by atoms with Gasteiger partial charge in [-0.3, -0.25) is 0 Å². The minimum absolute atomic E-state index is 0.765. The van der Waals surface area contributed by atoms with Gasteiger partial charge < -0.3 is 5.32 Å². The topological polar surface area (TPSA) is 61.6 Å². The molecule has 2 rings (SSSR count). The normalized spacial score (nSPS) is 10.4. The molecule has 0 aliphatic rings. The van der Waals surface area contributed by atoms with Crippen LogP contribution in [-0.2, 0) is 0 Å². The van der Waals surface area contributed by atoms with Crippen LogP contribution in [0.25, 0.3) is 6.08 Å². The van der Waals surface area contributed by atoms with Gasteiger partial charge >= 0.3 is 0 Å². The second-order valence-electron chi connectivity index (χ2n) is 4.21. The molecule has 94 valence electrons. The lowest BCUT2D eigenvalue weighted by Gasteiger charge is -2.13. The van der Waals surface area contributed by atoms with Crippen LogP contribution in [0.5, 0.6) is 0 Å². The maximum absolute atomic E-state index is 8.55. The number of rotatable bonds is 3. The Bertz CT molecular complexity index is 616. The highest BCUT2D eigenvalue weighted by molar-refractivity contribution is 5.68. The van der Waals surface area contributed by atoms with Gasteiger partial charge in [-0.15, -0.1) is 0 Å². The summed E-state index contributed by atoms with van der Waals surface area (Å²) in [5.74, 6) is 0.765. The molecule has 1 heterocycles. The Kier molecular flexibility index (Phi) is 3.89. The zero-order valence-corrected chi connectivity index (χ0v) is 10.9. The lowest BCUT2D eigenvalue weighted by Crippen LogP contribution is -1.98. The summed E-state index contributed by atoms with van der Waals surface area (Å²) < 4.78 is 0. The van der Waals surface area contributed by atoms with Gasteiger partial charge in [-0.05, 0) is 54.8 Å².